The van der Waals surface area contributed by atoms with Crippen LogP contribution in [0.4, 0.5) is 0 Å². The summed E-state index contributed by atoms with van der Waals surface area (Å²) < 4.78 is 11.0. The Morgan fingerprint density at radius 1 is 0.885 bits per heavy atom. The summed E-state index contributed by atoms with van der Waals surface area (Å²) >= 11 is 1.38. The third-order valence-electron chi connectivity index (χ3n) is 3.76. The summed E-state index contributed by atoms with van der Waals surface area (Å²) in [7, 11) is 0. The van der Waals surface area contributed by atoms with E-state index in [9.17, 15) is 0 Å². The van der Waals surface area contributed by atoms with Gasteiger partial charge >= 0.3 is 0 Å². The Balaban J connectivity index is 1.43. The van der Waals surface area contributed by atoms with Crippen molar-refractivity contribution in [3.63, 3.8) is 0 Å². The molecule has 4 aromatic rings. The number of hydrogen-bond acceptors (Lipinski definition) is 7. The van der Waals surface area contributed by atoms with Crippen LogP contribution in [0, 0.1) is 13.8 Å². The average molecular weight is 364 g/mol. The van der Waals surface area contributed by atoms with Crippen molar-refractivity contribution in [3.05, 3.63) is 65.5 Å². The zero-order valence-electron chi connectivity index (χ0n) is 14.3. The lowest BCUT2D eigenvalue weighted by molar-refractivity contribution is 0.425. The predicted octanol–water partition coefficient (Wildman–Crippen LogP) is 4.70. The molecule has 0 spiro atoms. The first kappa shape index (κ1) is 16.5. The van der Waals surface area contributed by atoms with Crippen LogP contribution in [-0.4, -0.2) is 20.3 Å². The lowest BCUT2D eigenvalue weighted by Gasteiger charge is -1.95. The van der Waals surface area contributed by atoms with Gasteiger partial charge in [0.25, 0.3) is 11.1 Å². The Hall–Kier alpha value is -2.93. The molecule has 0 saturated carbocycles. The van der Waals surface area contributed by atoms with Gasteiger partial charge in [0, 0.05) is 11.1 Å². The van der Waals surface area contributed by atoms with Gasteiger partial charge in [-0.2, -0.15) is 4.98 Å². The molecule has 0 N–H and O–H groups in total. The normalized spacial score (nSPS) is 11.0. The first-order valence-electron chi connectivity index (χ1n) is 8.10. The Morgan fingerprint density at radius 3 is 2.54 bits per heavy atom. The topological polar surface area (TPSA) is 77.8 Å². The van der Waals surface area contributed by atoms with E-state index in [0.717, 1.165) is 16.7 Å². The monoisotopic (exact) mass is 364 g/mol. The smallest absolute Gasteiger partial charge is 0.277 e. The summed E-state index contributed by atoms with van der Waals surface area (Å²) in [5, 5.41) is 12.7. The summed E-state index contributed by atoms with van der Waals surface area (Å²) in [6.45, 7) is 4.06. The van der Waals surface area contributed by atoms with Crippen LogP contribution in [0.25, 0.3) is 22.9 Å². The first-order chi connectivity index (χ1) is 12.7. The zero-order valence-corrected chi connectivity index (χ0v) is 15.2. The molecular formula is C19H16N4O2S. The number of aromatic nitrogens is 4. The molecule has 0 atom stereocenters. The highest BCUT2D eigenvalue weighted by Gasteiger charge is 2.13. The number of benzene rings is 2. The molecule has 2 heterocycles. The fourth-order valence-electron chi connectivity index (χ4n) is 2.42. The molecular weight excluding hydrogens is 348 g/mol. The van der Waals surface area contributed by atoms with E-state index in [-0.39, 0.29) is 0 Å². The van der Waals surface area contributed by atoms with Gasteiger partial charge in [0.15, 0.2) is 5.82 Å². The molecule has 0 fully saturated rings. The van der Waals surface area contributed by atoms with E-state index in [1.165, 1.54) is 17.3 Å². The van der Waals surface area contributed by atoms with Gasteiger partial charge in [0.1, 0.15) is 0 Å². The second-order valence-corrected chi connectivity index (χ2v) is 6.84. The van der Waals surface area contributed by atoms with Crippen LogP contribution in [0.2, 0.25) is 0 Å². The van der Waals surface area contributed by atoms with Gasteiger partial charge < -0.3 is 8.94 Å². The standard InChI is InChI=1S/C19H16N4O2S/c1-12-6-8-14(9-7-12)17-20-16(23-25-17)11-26-19-22-21-18(24-19)15-5-3-4-13(2)10-15/h3-10H,11H2,1-2H3. The molecule has 4 rings (SSSR count). The van der Waals surface area contributed by atoms with Crippen molar-refractivity contribution >= 4 is 11.8 Å². The predicted molar refractivity (Wildman–Crippen MR) is 98.5 cm³/mol. The van der Waals surface area contributed by atoms with E-state index in [0.29, 0.717) is 28.6 Å². The van der Waals surface area contributed by atoms with Crippen molar-refractivity contribution in [2.45, 2.75) is 24.8 Å². The molecule has 0 unspecified atom stereocenters. The highest BCUT2D eigenvalue weighted by molar-refractivity contribution is 7.98. The maximum atomic E-state index is 5.71. The molecule has 2 aromatic carbocycles. The van der Waals surface area contributed by atoms with E-state index in [1.54, 1.807) is 0 Å². The third-order valence-corrected chi connectivity index (χ3v) is 4.58. The van der Waals surface area contributed by atoms with E-state index in [4.69, 9.17) is 8.94 Å². The number of hydrogen-bond donors (Lipinski definition) is 0. The highest BCUT2D eigenvalue weighted by Crippen LogP contribution is 2.26. The van der Waals surface area contributed by atoms with Gasteiger partial charge in [-0.3, -0.25) is 0 Å². The fraction of sp³-hybridized carbons (Fsp3) is 0.158. The summed E-state index contributed by atoms with van der Waals surface area (Å²) in [5.74, 6) is 2.09. The Kier molecular flexibility index (Phi) is 4.53. The van der Waals surface area contributed by atoms with Gasteiger partial charge in [0.2, 0.25) is 5.89 Å². The first-order valence-corrected chi connectivity index (χ1v) is 9.09. The van der Waals surface area contributed by atoms with Gasteiger partial charge in [-0.15, -0.1) is 10.2 Å². The van der Waals surface area contributed by atoms with Crippen LogP contribution < -0.4 is 0 Å². The summed E-state index contributed by atoms with van der Waals surface area (Å²) in [5.41, 5.74) is 4.14. The molecule has 0 aliphatic rings. The molecule has 130 valence electrons. The lowest BCUT2D eigenvalue weighted by atomic mass is 10.1. The Labute approximate surface area is 154 Å². The Bertz CT molecular complexity index is 1020. The number of aryl methyl sites for hydroxylation is 2. The maximum absolute atomic E-state index is 5.71. The summed E-state index contributed by atoms with van der Waals surface area (Å²) in [4.78, 5) is 4.41. The Morgan fingerprint density at radius 2 is 1.73 bits per heavy atom. The van der Waals surface area contributed by atoms with Gasteiger partial charge in [-0.05, 0) is 38.1 Å². The molecule has 0 aliphatic carbocycles. The molecule has 6 nitrogen and oxygen atoms in total. The number of nitrogens with zero attached hydrogens (tertiary/aromatic N) is 4. The number of thioether (sulfide) groups is 1. The van der Waals surface area contributed by atoms with E-state index < -0.39 is 0 Å². The molecule has 0 amide bonds. The quantitative estimate of drug-likeness (QED) is 0.475. The van der Waals surface area contributed by atoms with Gasteiger partial charge in [0.05, 0.1) is 5.75 Å². The van der Waals surface area contributed by atoms with Crippen molar-refractivity contribution in [1.29, 1.82) is 0 Å². The minimum atomic E-state index is 0.475. The van der Waals surface area contributed by atoms with Crippen LogP contribution in [0.1, 0.15) is 17.0 Å². The molecule has 0 bridgehead atoms. The summed E-state index contributed by atoms with van der Waals surface area (Å²) in [6.07, 6.45) is 0. The van der Waals surface area contributed by atoms with Crippen molar-refractivity contribution < 1.29 is 8.94 Å². The maximum Gasteiger partial charge on any atom is 0.277 e. The van der Waals surface area contributed by atoms with Crippen LogP contribution >= 0.6 is 11.8 Å². The van der Waals surface area contributed by atoms with Crippen molar-refractivity contribution in [2.24, 2.45) is 0 Å². The van der Waals surface area contributed by atoms with Crippen molar-refractivity contribution in [1.82, 2.24) is 20.3 Å². The van der Waals surface area contributed by atoms with E-state index in [2.05, 4.69) is 20.3 Å². The lowest BCUT2D eigenvalue weighted by Crippen LogP contribution is -1.84. The molecule has 0 saturated heterocycles. The third kappa shape index (κ3) is 3.67. The minimum absolute atomic E-state index is 0.475. The molecule has 0 radical (unpaired) electrons. The molecule has 7 heteroatoms. The van der Waals surface area contributed by atoms with Crippen LogP contribution in [0.3, 0.4) is 0 Å². The van der Waals surface area contributed by atoms with E-state index >= 15 is 0 Å². The molecule has 0 aliphatic heterocycles. The number of rotatable bonds is 5. The van der Waals surface area contributed by atoms with Crippen LogP contribution in [0.15, 0.2) is 62.7 Å². The van der Waals surface area contributed by atoms with Crippen LogP contribution in [-0.2, 0) is 5.75 Å². The average Bonchev–Trinajstić information content (AvgIpc) is 3.30. The largest absolute Gasteiger partial charge is 0.411 e. The zero-order chi connectivity index (χ0) is 17.9. The SMILES string of the molecule is Cc1ccc(-c2nc(CSc3nnc(-c4cccc(C)c4)o3)no2)cc1. The molecule has 26 heavy (non-hydrogen) atoms. The summed E-state index contributed by atoms with van der Waals surface area (Å²) in [6, 6.07) is 15.9. The van der Waals surface area contributed by atoms with Gasteiger partial charge in [-0.1, -0.05) is 52.3 Å². The van der Waals surface area contributed by atoms with Gasteiger partial charge in [-0.25, -0.2) is 0 Å². The fourth-order valence-corrected chi connectivity index (χ4v) is 3.02. The minimum Gasteiger partial charge on any atom is -0.411 e. The van der Waals surface area contributed by atoms with Crippen molar-refractivity contribution in [2.75, 3.05) is 0 Å². The highest BCUT2D eigenvalue weighted by atomic mass is 32.2. The van der Waals surface area contributed by atoms with E-state index in [1.807, 2.05) is 62.4 Å². The van der Waals surface area contributed by atoms with Crippen molar-refractivity contribution in [3.8, 4) is 22.9 Å². The second-order valence-electron chi connectivity index (χ2n) is 5.91. The molecule has 2 aromatic heterocycles. The second kappa shape index (κ2) is 7.13. The van der Waals surface area contributed by atoms with Crippen LogP contribution in [0.5, 0.6) is 0 Å².